The minimum atomic E-state index is -0.226. The van der Waals surface area contributed by atoms with Crippen LogP contribution in [0.1, 0.15) is 25.5 Å². The zero-order chi connectivity index (χ0) is 14.3. The lowest BCUT2D eigenvalue weighted by Crippen LogP contribution is -2.09. The van der Waals surface area contributed by atoms with E-state index in [4.69, 9.17) is 0 Å². The maximum Gasteiger partial charge on any atom is 0.279 e. The molecule has 102 valence electrons. The van der Waals surface area contributed by atoms with Gasteiger partial charge in [-0.3, -0.25) is 9.89 Å². The molecule has 20 heavy (non-hydrogen) atoms. The number of hydrogen-bond donors (Lipinski definition) is 2. The predicted molar refractivity (Wildman–Crippen MR) is 81.7 cm³/mol. The van der Waals surface area contributed by atoms with Crippen LogP contribution in [0.2, 0.25) is 0 Å². The number of hydrogen-bond acceptors (Lipinski definition) is 3. The molecule has 2 N–H and O–H groups in total. The number of halogens is 1. The molecule has 0 unspecified atom stereocenters. The zero-order valence-corrected chi connectivity index (χ0v) is 12.7. The summed E-state index contributed by atoms with van der Waals surface area (Å²) >= 11 is 3.39. The highest BCUT2D eigenvalue weighted by Gasteiger charge is 2.15. The molecule has 0 saturated heterocycles. The van der Waals surface area contributed by atoms with E-state index in [2.05, 4.69) is 36.1 Å². The monoisotopic (exact) mass is 332 g/mol. The largest absolute Gasteiger partial charge is 0.305 e. The van der Waals surface area contributed by atoms with Gasteiger partial charge in [0.1, 0.15) is 11.3 Å². The molecule has 2 heterocycles. The number of fused-ring (bicyclic) bond motifs is 1. The Labute approximate surface area is 123 Å². The zero-order valence-electron chi connectivity index (χ0n) is 11.1. The van der Waals surface area contributed by atoms with Gasteiger partial charge >= 0.3 is 0 Å². The normalized spacial score (nSPS) is 11.4. The maximum absolute atomic E-state index is 12.1. The van der Waals surface area contributed by atoms with E-state index in [1.54, 1.807) is 0 Å². The summed E-state index contributed by atoms with van der Waals surface area (Å²) in [6.07, 6.45) is 0. The number of rotatable bonds is 2. The molecule has 5 nitrogen and oxygen atoms in total. The van der Waals surface area contributed by atoms with Gasteiger partial charge in [-0.1, -0.05) is 41.9 Å². The topological polar surface area (TPSA) is 74.4 Å². The molecule has 0 amide bonds. The van der Waals surface area contributed by atoms with Crippen molar-refractivity contribution in [2.75, 3.05) is 0 Å². The van der Waals surface area contributed by atoms with Gasteiger partial charge < -0.3 is 4.98 Å². The summed E-state index contributed by atoms with van der Waals surface area (Å²) in [5, 5.41) is 6.95. The van der Waals surface area contributed by atoms with E-state index in [1.165, 1.54) is 0 Å². The number of aromatic amines is 2. The van der Waals surface area contributed by atoms with Crippen molar-refractivity contribution in [2.24, 2.45) is 0 Å². The van der Waals surface area contributed by atoms with Crippen molar-refractivity contribution in [3.63, 3.8) is 0 Å². The summed E-state index contributed by atoms with van der Waals surface area (Å²) in [5.41, 5.74) is 2.51. The molecule has 3 aromatic rings. The first-order chi connectivity index (χ1) is 9.56. The number of nitrogens with one attached hydrogen (secondary N) is 2. The first-order valence-electron chi connectivity index (χ1n) is 6.30. The second kappa shape index (κ2) is 4.86. The van der Waals surface area contributed by atoms with Gasteiger partial charge in [0.15, 0.2) is 5.52 Å². The van der Waals surface area contributed by atoms with Gasteiger partial charge in [-0.05, 0) is 18.1 Å². The van der Waals surface area contributed by atoms with Crippen LogP contribution in [0.4, 0.5) is 0 Å². The summed E-state index contributed by atoms with van der Waals surface area (Å²) in [4.78, 5) is 19.4. The van der Waals surface area contributed by atoms with Crippen LogP contribution in [0.3, 0.4) is 0 Å². The van der Waals surface area contributed by atoms with Crippen LogP contribution >= 0.6 is 15.9 Å². The van der Waals surface area contributed by atoms with Gasteiger partial charge in [0.25, 0.3) is 5.56 Å². The number of nitrogens with zero attached hydrogens (tertiary/aromatic N) is 2. The highest BCUT2D eigenvalue weighted by Crippen LogP contribution is 2.22. The molecule has 0 bridgehead atoms. The average Bonchev–Trinajstić information content (AvgIpc) is 2.84. The molecule has 2 aromatic heterocycles. The van der Waals surface area contributed by atoms with E-state index in [-0.39, 0.29) is 11.5 Å². The summed E-state index contributed by atoms with van der Waals surface area (Å²) in [6.45, 7) is 4.07. The van der Waals surface area contributed by atoms with E-state index in [1.807, 2.05) is 38.1 Å². The van der Waals surface area contributed by atoms with Crippen LogP contribution in [0.15, 0.2) is 33.5 Å². The van der Waals surface area contributed by atoms with E-state index in [0.717, 1.165) is 15.7 Å². The molecule has 1 aromatic carbocycles. The van der Waals surface area contributed by atoms with Crippen molar-refractivity contribution in [2.45, 2.75) is 19.8 Å². The Hall–Kier alpha value is -1.95. The van der Waals surface area contributed by atoms with E-state index in [9.17, 15) is 4.79 Å². The molecule has 0 fully saturated rings. The van der Waals surface area contributed by atoms with Crippen LogP contribution in [0.25, 0.3) is 22.4 Å². The van der Waals surface area contributed by atoms with Gasteiger partial charge in [0, 0.05) is 10.0 Å². The van der Waals surface area contributed by atoms with Gasteiger partial charge in [-0.2, -0.15) is 5.10 Å². The number of benzene rings is 1. The fourth-order valence-corrected chi connectivity index (χ4v) is 2.34. The first kappa shape index (κ1) is 13.1. The van der Waals surface area contributed by atoms with Crippen molar-refractivity contribution < 1.29 is 0 Å². The Bertz CT molecular complexity index is 817. The van der Waals surface area contributed by atoms with Crippen LogP contribution in [-0.4, -0.2) is 20.2 Å². The molecule has 0 aliphatic carbocycles. The summed E-state index contributed by atoms with van der Waals surface area (Å²) < 4.78 is 0.982. The Morgan fingerprint density at radius 3 is 2.50 bits per heavy atom. The van der Waals surface area contributed by atoms with Crippen molar-refractivity contribution in [3.05, 3.63) is 44.8 Å². The highest BCUT2D eigenvalue weighted by atomic mass is 79.9. The van der Waals surface area contributed by atoms with E-state index in [0.29, 0.717) is 16.9 Å². The molecule has 0 spiro atoms. The molecule has 3 rings (SSSR count). The minimum absolute atomic E-state index is 0.226. The van der Waals surface area contributed by atoms with Crippen LogP contribution in [-0.2, 0) is 0 Å². The molecule has 0 aliphatic rings. The van der Waals surface area contributed by atoms with Crippen LogP contribution < -0.4 is 5.56 Å². The van der Waals surface area contributed by atoms with E-state index < -0.39 is 0 Å². The fourth-order valence-electron chi connectivity index (χ4n) is 2.07. The fraction of sp³-hybridized carbons (Fsp3) is 0.214. The smallest absolute Gasteiger partial charge is 0.279 e. The summed E-state index contributed by atoms with van der Waals surface area (Å²) in [6, 6.07) is 7.64. The third-order valence-electron chi connectivity index (χ3n) is 3.13. The quantitative estimate of drug-likeness (QED) is 0.756. The Morgan fingerprint density at radius 2 is 1.85 bits per heavy atom. The molecule has 0 radical (unpaired) electrons. The van der Waals surface area contributed by atoms with Crippen molar-refractivity contribution >= 4 is 27.0 Å². The summed E-state index contributed by atoms with van der Waals surface area (Å²) in [7, 11) is 0. The first-order valence-corrected chi connectivity index (χ1v) is 7.10. The summed E-state index contributed by atoms with van der Waals surface area (Å²) in [5.74, 6) is 0.783. The third kappa shape index (κ3) is 2.16. The second-order valence-electron chi connectivity index (χ2n) is 4.91. The molecular weight excluding hydrogens is 320 g/mol. The SMILES string of the molecule is CC(C)c1[nH]nc2c(=O)[nH]c(-c3ccc(Br)cc3)nc12. The molecular formula is C14H13BrN4O. The van der Waals surface area contributed by atoms with Crippen molar-refractivity contribution in [3.8, 4) is 11.4 Å². The van der Waals surface area contributed by atoms with Crippen LogP contribution in [0, 0.1) is 0 Å². The lowest BCUT2D eigenvalue weighted by Gasteiger charge is -2.03. The van der Waals surface area contributed by atoms with Gasteiger partial charge in [0.2, 0.25) is 0 Å². The minimum Gasteiger partial charge on any atom is -0.305 e. The van der Waals surface area contributed by atoms with E-state index >= 15 is 0 Å². The maximum atomic E-state index is 12.1. The Morgan fingerprint density at radius 1 is 1.15 bits per heavy atom. The van der Waals surface area contributed by atoms with Gasteiger partial charge in [-0.25, -0.2) is 4.98 Å². The van der Waals surface area contributed by atoms with Crippen LogP contribution in [0.5, 0.6) is 0 Å². The third-order valence-corrected chi connectivity index (χ3v) is 3.66. The number of aromatic nitrogens is 4. The Kier molecular flexibility index (Phi) is 3.17. The number of H-pyrrole nitrogens is 2. The second-order valence-corrected chi connectivity index (χ2v) is 5.83. The standard InChI is InChI=1S/C14H13BrN4O/c1-7(2)10-11-12(19-18-10)14(20)17-13(16-11)8-3-5-9(15)6-4-8/h3-7H,1-2H3,(H,18,19)(H,16,17,20). The highest BCUT2D eigenvalue weighted by molar-refractivity contribution is 9.10. The van der Waals surface area contributed by atoms with Gasteiger partial charge in [-0.15, -0.1) is 0 Å². The molecule has 6 heteroatoms. The van der Waals surface area contributed by atoms with Crippen molar-refractivity contribution in [1.82, 2.24) is 20.2 Å². The molecule has 0 aliphatic heterocycles. The lowest BCUT2D eigenvalue weighted by atomic mass is 10.1. The van der Waals surface area contributed by atoms with Crippen molar-refractivity contribution in [1.29, 1.82) is 0 Å². The van der Waals surface area contributed by atoms with Gasteiger partial charge in [0.05, 0.1) is 5.69 Å². The Balaban J connectivity index is 2.25. The predicted octanol–water partition coefficient (Wildman–Crippen LogP) is 3.20. The average molecular weight is 333 g/mol. The lowest BCUT2D eigenvalue weighted by molar-refractivity contribution is 0.815. The molecule has 0 atom stereocenters. The molecule has 0 saturated carbocycles.